The molecule has 0 saturated heterocycles. The minimum atomic E-state index is -0.809. The Morgan fingerprint density at radius 1 is 1.19 bits per heavy atom. The smallest absolute Gasteiger partial charge is 0.231 e. The van der Waals surface area contributed by atoms with Crippen LogP contribution in [0.5, 0.6) is 17.2 Å². The van der Waals surface area contributed by atoms with E-state index < -0.39 is 16.7 Å². The van der Waals surface area contributed by atoms with Gasteiger partial charge in [0, 0.05) is 41.4 Å². The van der Waals surface area contributed by atoms with Crippen LogP contribution >= 0.6 is 0 Å². The van der Waals surface area contributed by atoms with Crippen LogP contribution in [0.15, 0.2) is 6.07 Å². The van der Waals surface area contributed by atoms with E-state index in [9.17, 15) is 25.6 Å². The van der Waals surface area contributed by atoms with Crippen molar-refractivity contribution in [3.8, 4) is 17.2 Å². The van der Waals surface area contributed by atoms with E-state index in [4.69, 9.17) is 14.2 Å². The topological polar surface area (TPSA) is 141 Å². The van der Waals surface area contributed by atoms with Gasteiger partial charge in [0.2, 0.25) is 12.5 Å². The zero-order valence-corrected chi connectivity index (χ0v) is 22.2. The molecule has 11 heteroatoms. The van der Waals surface area contributed by atoms with Gasteiger partial charge in [-0.15, -0.1) is 5.23 Å². The van der Waals surface area contributed by atoms with E-state index in [-0.39, 0.29) is 57.9 Å². The Kier molecular flexibility index (Phi) is 7.04. The van der Waals surface area contributed by atoms with Gasteiger partial charge < -0.3 is 29.9 Å². The van der Waals surface area contributed by atoms with Crippen LogP contribution in [0.4, 0.5) is 11.4 Å². The number of benzene rings is 2. The van der Waals surface area contributed by atoms with Crippen molar-refractivity contribution in [1.29, 1.82) is 0 Å². The van der Waals surface area contributed by atoms with Gasteiger partial charge in [0.15, 0.2) is 17.3 Å². The fourth-order valence-electron chi connectivity index (χ4n) is 5.67. The summed E-state index contributed by atoms with van der Waals surface area (Å²) in [4.78, 5) is 16.0. The van der Waals surface area contributed by atoms with Crippen molar-refractivity contribution in [2.75, 3.05) is 37.9 Å². The first kappa shape index (κ1) is 27.0. The van der Waals surface area contributed by atoms with E-state index in [0.717, 1.165) is 17.5 Å². The molecule has 1 atom stereocenters. The molecule has 4 rings (SSSR count). The van der Waals surface area contributed by atoms with Gasteiger partial charge in [-0.3, -0.25) is 20.1 Å². The molecule has 0 unspecified atom stereocenters. The predicted octanol–water partition coefficient (Wildman–Crippen LogP) is 4.53. The molecule has 0 fully saturated rings. The Balaban J connectivity index is 1.87. The Hall–Kier alpha value is -3.09. The molecule has 11 nitrogen and oxygen atoms in total. The lowest BCUT2D eigenvalue weighted by molar-refractivity contribution is 0.0279. The summed E-state index contributed by atoms with van der Waals surface area (Å²) in [6.45, 7) is 9.10. The van der Waals surface area contributed by atoms with E-state index in [0.29, 0.717) is 23.8 Å². The van der Waals surface area contributed by atoms with Gasteiger partial charge in [-0.25, -0.2) is 0 Å². The highest BCUT2D eigenvalue weighted by molar-refractivity contribution is 6.03. The number of likely N-dealkylation sites (N-methyl/N-ethyl adjacent to an activating group) is 1. The van der Waals surface area contributed by atoms with Crippen molar-refractivity contribution in [1.82, 2.24) is 4.90 Å². The van der Waals surface area contributed by atoms with Crippen LogP contribution in [0.25, 0.3) is 0 Å². The average Bonchev–Trinajstić information content (AvgIpc) is 3.26. The molecule has 0 saturated carbocycles. The van der Waals surface area contributed by atoms with Gasteiger partial charge in [0.05, 0.1) is 7.11 Å². The van der Waals surface area contributed by atoms with E-state index in [1.165, 1.54) is 14.0 Å². The largest absolute Gasteiger partial charge is 0.769 e. The quantitative estimate of drug-likeness (QED) is 0.414. The second kappa shape index (κ2) is 9.66. The van der Waals surface area contributed by atoms with Gasteiger partial charge in [-0.1, -0.05) is 20.8 Å². The number of hydrogen-bond donors (Lipinski definition) is 2. The zero-order valence-electron chi connectivity index (χ0n) is 22.2. The highest BCUT2D eigenvalue weighted by atomic mass is 16.8. The lowest BCUT2D eigenvalue weighted by atomic mass is 9.78. The van der Waals surface area contributed by atoms with E-state index >= 15 is 0 Å². The van der Waals surface area contributed by atoms with Crippen LogP contribution in [0.1, 0.15) is 71.4 Å². The van der Waals surface area contributed by atoms with Crippen LogP contribution in [0, 0.1) is 24.3 Å². The van der Waals surface area contributed by atoms with Crippen molar-refractivity contribution in [2.24, 2.45) is 0 Å². The number of anilines is 2. The second-order valence-electron chi connectivity index (χ2n) is 10.6. The first-order valence-electron chi connectivity index (χ1n) is 12.0. The molecule has 202 valence electrons. The highest BCUT2D eigenvalue weighted by Gasteiger charge is 2.37. The minimum absolute atomic E-state index is 0.0104. The molecule has 2 aliphatic rings. The number of ketones is 1. The summed E-state index contributed by atoms with van der Waals surface area (Å²) >= 11 is 0. The molecule has 37 heavy (non-hydrogen) atoms. The van der Waals surface area contributed by atoms with Crippen molar-refractivity contribution < 1.29 is 29.4 Å². The maximum Gasteiger partial charge on any atom is 0.231 e. The summed E-state index contributed by atoms with van der Waals surface area (Å²) in [5.41, 5.74) is 1.23. The summed E-state index contributed by atoms with van der Waals surface area (Å²) in [6.07, 6.45) is 0.713. The van der Waals surface area contributed by atoms with E-state index in [2.05, 4.69) is 0 Å². The number of hydrogen-bond acceptors (Lipinski definition) is 11. The van der Waals surface area contributed by atoms with Crippen molar-refractivity contribution in [3.05, 3.63) is 49.9 Å². The van der Waals surface area contributed by atoms with Gasteiger partial charge in [-0.2, -0.15) is 0 Å². The van der Waals surface area contributed by atoms with Gasteiger partial charge in [0.1, 0.15) is 5.69 Å². The minimum Gasteiger partial charge on any atom is -0.769 e. The molecule has 2 aromatic rings. The number of carbonyl (C=O) groups excluding carboxylic acids is 1. The molecule has 0 aromatic heterocycles. The molecular formula is C26H33N3O8-2. The first-order valence-corrected chi connectivity index (χ1v) is 12.0. The Labute approximate surface area is 215 Å². The lowest BCUT2D eigenvalue weighted by Gasteiger charge is -2.44. The number of carbonyl (C=O) groups is 1. The summed E-state index contributed by atoms with van der Waals surface area (Å²) in [6, 6.07) is 1.51. The Morgan fingerprint density at radius 3 is 2.41 bits per heavy atom. The summed E-state index contributed by atoms with van der Waals surface area (Å²) in [5.74, 6) is 1.24. The fraction of sp³-hybridized carbons (Fsp3) is 0.500. The van der Waals surface area contributed by atoms with E-state index in [1.807, 2.05) is 18.0 Å². The molecule has 2 aliphatic heterocycles. The van der Waals surface area contributed by atoms with Gasteiger partial charge in [0.25, 0.3) is 0 Å². The standard InChI is InChI=1S/C26H33N3O8/c1-13-19(14(2)23(29(33)34)21(26(3,4)5)22(13)28(31)32)17(30)11-16-20-15(8-9-27(16)6)10-18-24(25(20)35-7)37-12-36-18/h10,16,31-32H,8-9,11-12H2,1-7H3/q-2/t16-/m0/s1. The van der Waals surface area contributed by atoms with E-state index in [1.54, 1.807) is 27.7 Å². The molecule has 0 amide bonds. The van der Waals surface area contributed by atoms with Crippen LogP contribution in [-0.2, 0) is 11.8 Å². The number of rotatable bonds is 6. The molecule has 2 N–H and O–H groups in total. The summed E-state index contributed by atoms with van der Waals surface area (Å²) in [5, 5.41) is 44.0. The van der Waals surface area contributed by atoms with Crippen molar-refractivity contribution in [2.45, 2.75) is 58.9 Å². The zero-order chi connectivity index (χ0) is 27.4. The van der Waals surface area contributed by atoms with Crippen LogP contribution in [0.3, 0.4) is 0 Å². The molecule has 2 heterocycles. The van der Waals surface area contributed by atoms with Crippen molar-refractivity contribution >= 4 is 17.2 Å². The van der Waals surface area contributed by atoms with Gasteiger partial charge >= 0.3 is 0 Å². The Bertz CT molecular complexity index is 1200. The molecule has 0 bridgehead atoms. The third kappa shape index (κ3) is 4.47. The first-order chi connectivity index (χ1) is 17.3. The maximum absolute atomic E-state index is 13.9. The number of methoxy groups -OCH3 is 1. The molecular weight excluding hydrogens is 482 g/mol. The lowest BCUT2D eigenvalue weighted by Crippen LogP contribution is -2.34. The predicted molar refractivity (Wildman–Crippen MR) is 137 cm³/mol. The summed E-state index contributed by atoms with van der Waals surface area (Å²) < 4.78 is 16.9. The SMILES string of the molecule is COc1c2c(cc3c1[C@H](CC(=O)c1c(C)c(N([O-])[O-])c(C(C)(C)C)c(N(O)O)c1C)N(C)CC3)OCO2. The number of nitrogens with zero attached hydrogens (tertiary/aromatic N) is 3. The molecule has 2 aromatic carbocycles. The monoisotopic (exact) mass is 515 g/mol. The maximum atomic E-state index is 13.9. The fourth-order valence-corrected chi connectivity index (χ4v) is 5.67. The molecule has 0 spiro atoms. The molecule has 0 aliphatic carbocycles. The summed E-state index contributed by atoms with van der Waals surface area (Å²) in [7, 11) is 3.45. The average molecular weight is 516 g/mol. The van der Waals surface area contributed by atoms with Crippen LogP contribution < -0.4 is 24.7 Å². The van der Waals surface area contributed by atoms with Crippen molar-refractivity contribution in [3.63, 3.8) is 0 Å². The van der Waals surface area contributed by atoms with Gasteiger partial charge in [-0.05, 0) is 55.5 Å². The third-order valence-corrected chi connectivity index (χ3v) is 7.27. The van der Waals surface area contributed by atoms with Crippen LogP contribution in [0.2, 0.25) is 0 Å². The normalized spacial score (nSPS) is 17.0. The third-order valence-electron chi connectivity index (χ3n) is 7.27. The number of Topliss-reactive ketones (excluding diaryl/α,β-unsaturated/α-hetero) is 1. The number of fused-ring (bicyclic) bond motifs is 2. The highest BCUT2D eigenvalue weighted by Crippen LogP contribution is 2.51. The second-order valence-corrected chi connectivity index (χ2v) is 10.6. The number of ether oxygens (including phenoxy) is 3. The molecule has 0 radical (unpaired) electrons. The Morgan fingerprint density at radius 2 is 1.84 bits per heavy atom. The van der Waals surface area contributed by atoms with Crippen LogP contribution in [-0.4, -0.2) is 48.6 Å².